The summed E-state index contributed by atoms with van der Waals surface area (Å²) in [5.41, 5.74) is 0.760. The van der Waals surface area contributed by atoms with E-state index in [-0.39, 0.29) is 12.3 Å². The largest absolute Gasteiger partial charge is 0.481 e. The Kier molecular flexibility index (Phi) is 4.86. The fourth-order valence-electron chi connectivity index (χ4n) is 1.96. The van der Waals surface area contributed by atoms with Crippen LogP contribution in [0.15, 0.2) is 11.5 Å². The number of hydrogen-bond acceptors (Lipinski definition) is 5. The maximum Gasteiger partial charge on any atom is 0.306 e. The van der Waals surface area contributed by atoms with Gasteiger partial charge in [0.2, 0.25) is 5.91 Å². The summed E-state index contributed by atoms with van der Waals surface area (Å²) in [6, 6.07) is 0. The van der Waals surface area contributed by atoms with E-state index in [0.29, 0.717) is 19.7 Å². The highest BCUT2D eigenvalue weighted by molar-refractivity contribution is 7.09. The predicted octanol–water partition coefficient (Wildman–Crippen LogP) is 1.17. The molecule has 6 nitrogen and oxygen atoms in total. The molecule has 0 bridgehead atoms. The van der Waals surface area contributed by atoms with Crippen LogP contribution in [-0.2, 0) is 14.3 Å². The molecular weight excluding hydrogens is 280 g/mol. The number of aryl methyl sites for hydroxylation is 1. The topological polar surface area (TPSA) is 79.7 Å². The number of carboxylic acids is 1. The number of carbonyl (C=O) groups excluding carboxylic acids is 1. The number of nitrogens with zero attached hydrogens (tertiary/aromatic N) is 2. The van der Waals surface area contributed by atoms with Crippen molar-refractivity contribution in [2.24, 2.45) is 0 Å². The van der Waals surface area contributed by atoms with Crippen LogP contribution in [0.25, 0.3) is 6.08 Å². The third-order valence-corrected chi connectivity index (χ3v) is 3.68. The Bertz CT molecular complexity index is 526. The first kappa shape index (κ1) is 14.7. The monoisotopic (exact) mass is 296 g/mol. The smallest absolute Gasteiger partial charge is 0.306 e. The highest BCUT2D eigenvalue weighted by Crippen LogP contribution is 2.12. The minimum absolute atomic E-state index is 0.0845. The molecule has 0 aliphatic carbocycles. The summed E-state index contributed by atoms with van der Waals surface area (Å²) in [4.78, 5) is 28.5. The van der Waals surface area contributed by atoms with Gasteiger partial charge in [-0.3, -0.25) is 9.59 Å². The van der Waals surface area contributed by atoms with E-state index in [9.17, 15) is 9.59 Å². The Balaban J connectivity index is 1.91. The lowest BCUT2D eigenvalue weighted by atomic mass is 10.2. The Morgan fingerprint density at radius 2 is 2.45 bits per heavy atom. The third-order valence-electron chi connectivity index (χ3n) is 2.89. The number of rotatable bonds is 4. The molecule has 2 rings (SSSR count). The molecule has 20 heavy (non-hydrogen) atoms. The van der Waals surface area contributed by atoms with E-state index in [1.807, 2.05) is 12.3 Å². The minimum atomic E-state index is -0.919. The van der Waals surface area contributed by atoms with Gasteiger partial charge >= 0.3 is 5.97 Å². The number of ether oxygens (including phenoxy) is 1. The zero-order valence-corrected chi connectivity index (χ0v) is 11.9. The van der Waals surface area contributed by atoms with Crippen molar-refractivity contribution in [1.29, 1.82) is 0 Å². The summed E-state index contributed by atoms with van der Waals surface area (Å²) < 4.78 is 5.33. The zero-order valence-electron chi connectivity index (χ0n) is 11.1. The number of aromatic nitrogens is 1. The molecule has 1 aliphatic rings. The van der Waals surface area contributed by atoms with Crippen LogP contribution < -0.4 is 0 Å². The molecule has 0 aromatic carbocycles. The SMILES string of the molecule is Cc1nc(C=CC(=O)N2CCOC(CC(=O)O)C2)cs1. The first-order chi connectivity index (χ1) is 9.54. The Hall–Kier alpha value is -1.73. The van der Waals surface area contributed by atoms with E-state index in [2.05, 4.69) is 4.98 Å². The van der Waals surface area contributed by atoms with Crippen LogP contribution in [0.5, 0.6) is 0 Å². The van der Waals surface area contributed by atoms with Gasteiger partial charge in [-0.25, -0.2) is 4.98 Å². The minimum Gasteiger partial charge on any atom is -0.481 e. The van der Waals surface area contributed by atoms with Crippen LogP contribution in [-0.4, -0.2) is 52.7 Å². The van der Waals surface area contributed by atoms with Crippen LogP contribution in [0.4, 0.5) is 0 Å². The van der Waals surface area contributed by atoms with Crippen LogP contribution >= 0.6 is 11.3 Å². The van der Waals surface area contributed by atoms with E-state index in [0.717, 1.165) is 10.7 Å². The van der Waals surface area contributed by atoms with Crippen molar-refractivity contribution in [1.82, 2.24) is 9.88 Å². The molecule has 1 fully saturated rings. The van der Waals surface area contributed by atoms with Gasteiger partial charge in [0.05, 0.1) is 29.8 Å². The molecule has 1 amide bonds. The molecule has 1 aromatic rings. The lowest BCUT2D eigenvalue weighted by Gasteiger charge is -2.31. The number of amides is 1. The van der Waals surface area contributed by atoms with Crippen molar-refractivity contribution in [3.05, 3.63) is 22.2 Å². The second-order valence-corrected chi connectivity index (χ2v) is 5.56. The van der Waals surface area contributed by atoms with Crippen molar-refractivity contribution in [3.8, 4) is 0 Å². The van der Waals surface area contributed by atoms with E-state index < -0.39 is 12.1 Å². The van der Waals surface area contributed by atoms with Crippen molar-refractivity contribution < 1.29 is 19.4 Å². The number of hydrogen-bond donors (Lipinski definition) is 1. The second-order valence-electron chi connectivity index (χ2n) is 4.50. The van der Waals surface area contributed by atoms with Gasteiger partial charge in [0.15, 0.2) is 0 Å². The average molecular weight is 296 g/mol. The Labute approximate surface area is 120 Å². The summed E-state index contributed by atoms with van der Waals surface area (Å²) in [6.45, 7) is 3.07. The molecule has 0 spiro atoms. The van der Waals surface area contributed by atoms with Crippen molar-refractivity contribution in [3.63, 3.8) is 0 Å². The molecule has 2 heterocycles. The molecule has 1 aliphatic heterocycles. The quantitative estimate of drug-likeness (QED) is 0.844. The maximum absolute atomic E-state index is 12.0. The van der Waals surface area contributed by atoms with Crippen LogP contribution in [0.2, 0.25) is 0 Å². The van der Waals surface area contributed by atoms with Gasteiger partial charge in [0.25, 0.3) is 0 Å². The van der Waals surface area contributed by atoms with Gasteiger partial charge in [-0.05, 0) is 13.0 Å². The molecule has 0 saturated carbocycles. The summed E-state index contributed by atoms with van der Waals surface area (Å²) >= 11 is 1.53. The Morgan fingerprint density at radius 1 is 1.65 bits per heavy atom. The molecular formula is C13H16N2O4S. The maximum atomic E-state index is 12.0. The van der Waals surface area contributed by atoms with Crippen LogP contribution in [0.1, 0.15) is 17.1 Å². The lowest BCUT2D eigenvalue weighted by Crippen LogP contribution is -2.45. The van der Waals surface area contributed by atoms with Crippen molar-refractivity contribution >= 4 is 29.3 Å². The van der Waals surface area contributed by atoms with E-state index in [1.54, 1.807) is 11.0 Å². The molecule has 1 aromatic heterocycles. The van der Waals surface area contributed by atoms with Gasteiger partial charge in [0, 0.05) is 24.5 Å². The molecule has 1 N–H and O–H groups in total. The molecule has 0 radical (unpaired) electrons. The van der Waals surface area contributed by atoms with Gasteiger partial charge < -0.3 is 14.7 Å². The third kappa shape index (κ3) is 4.14. The lowest BCUT2D eigenvalue weighted by molar-refractivity contribution is -0.145. The van der Waals surface area contributed by atoms with Gasteiger partial charge in [-0.2, -0.15) is 0 Å². The number of carbonyl (C=O) groups is 2. The highest BCUT2D eigenvalue weighted by Gasteiger charge is 2.24. The van der Waals surface area contributed by atoms with Crippen molar-refractivity contribution in [2.75, 3.05) is 19.7 Å². The molecule has 1 saturated heterocycles. The van der Waals surface area contributed by atoms with Crippen LogP contribution in [0, 0.1) is 6.92 Å². The fraction of sp³-hybridized carbons (Fsp3) is 0.462. The van der Waals surface area contributed by atoms with Gasteiger partial charge in [-0.1, -0.05) is 0 Å². The average Bonchev–Trinajstić information content (AvgIpc) is 2.81. The number of aliphatic carboxylic acids is 1. The predicted molar refractivity (Wildman–Crippen MR) is 74.5 cm³/mol. The highest BCUT2D eigenvalue weighted by atomic mass is 32.1. The van der Waals surface area contributed by atoms with E-state index >= 15 is 0 Å². The van der Waals surface area contributed by atoms with Crippen LogP contribution in [0.3, 0.4) is 0 Å². The number of morpholine rings is 1. The van der Waals surface area contributed by atoms with Gasteiger partial charge in [0.1, 0.15) is 0 Å². The zero-order chi connectivity index (χ0) is 14.5. The second kappa shape index (κ2) is 6.62. The fourth-order valence-corrected chi connectivity index (χ4v) is 2.54. The van der Waals surface area contributed by atoms with E-state index in [4.69, 9.17) is 9.84 Å². The van der Waals surface area contributed by atoms with Crippen molar-refractivity contribution in [2.45, 2.75) is 19.4 Å². The molecule has 1 atom stereocenters. The first-order valence-corrected chi connectivity index (χ1v) is 7.15. The first-order valence-electron chi connectivity index (χ1n) is 6.27. The summed E-state index contributed by atoms with van der Waals surface area (Å²) in [6.07, 6.45) is 2.63. The standard InChI is InChI=1S/C13H16N2O4S/c1-9-14-10(8-20-9)2-3-12(16)15-4-5-19-11(7-15)6-13(17)18/h2-3,8,11H,4-7H2,1H3,(H,17,18). The summed E-state index contributed by atoms with van der Waals surface area (Å²) in [7, 11) is 0. The summed E-state index contributed by atoms with van der Waals surface area (Å²) in [5.74, 6) is -1.06. The number of thiazole rings is 1. The van der Waals surface area contributed by atoms with Gasteiger partial charge in [-0.15, -0.1) is 11.3 Å². The molecule has 7 heteroatoms. The number of carboxylic acid groups (broad SMARTS) is 1. The molecule has 1 unspecified atom stereocenters. The molecule has 108 valence electrons. The van der Waals surface area contributed by atoms with E-state index in [1.165, 1.54) is 17.4 Å². The summed E-state index contributed by atoms with van der Waals surface area (Å²) in [5, 5.41) is 11.6. The normalized spacial score (nSPS) is 19.4. The Morgan fingerprint density at radius 3 is 3.10 bits per heavy atom.